The van der Waals surface area contributed by atoms with Crippen molar-refractivity contribution in [2.75, 3.05) is 5.75 Å². The standard InChI is InChI=1S/C8H10N2O4S/c11-8(12)6-15(13,14)10-5-7-3-1-2-4-9-7/h1-4,10H,5-6H2,(H,11,12). The van der Waals surface area contributed by atoms with E-state index in [-0.39, 0.29) is 6.54 Å². The summed E-state index contributed by atoms with van der Waals surface area (Å²) in [5, 5.41) is 8.31. The molecule has 0 atom stereocenters. The van der Waals surface area contributed by atoms with Crippen LogP contribution in [-0.2, 0) is 21.4 Å². The Morgan fingerprint density at radius 2 is 2.20 bits per heavy atom. The molecule has 0 amide bonds. The van der Waals surface area contributed by atoms with E-state index in [1.807, 2.05) is 0 Å². The van der Waals surface area contributed by atoms with Gasteiger partial charge in [-0.05, 0) is 12.1 Å². The van der Waals surface area contributed by atoms with Crippen molar-refractivity contribution in [1.29, 1.82) is 0 Å². The second kappa shape index (κ2) is 4.85. The number of hydrogen-bond acceptors (Lipinski definition) is 4. The van der Waals surface area contributed by atoms with Crippen LogP contribution in [-0.4, -0.2) is 30.2 Å². The molecule has 0 unspecified atom stereocenters. The van der Waals surface area contributed by atoms with Gasteiger partial charge in [0.25, 0.3) is 0 Å². The molecule has 0 saturated carbocycles. The Kier molecular flexibility index (Phi) is 3.75. The second-order valence-corrected chi connectivity index (χ2v) is 4.60. The van der Waals surface area contributed by atoms with E-state index in [0.717, 1.165) is 0 Å². The lowest BCUT2D eigenvalue weighted by molar-refractivity contribution is -0.134. The third-order valence-electron chi connectivity index (χ3n) is 1.51. The number of hydrogen-bond donors (Lipinski definition) is 2. The number of carbonyl (C=O) groups is 1. The predicted octanol–water partition coefficient (Wildman–Crippen LogP) is -0.414. The van der Waals surface area contributed by atoms with E-state index < -0.39 is 21.7 Å². The maximum atomic E-state index is 11.1. The molecule has 0 radical (unpaired) electrons. The summed E-state index contributed by atoms with van der Waals surface area (Å²) in [7, 11) is -3.77. The fourth-order valence-corrected chi connectivity index (χ4v) is 1.70. The molecule has 82 valence electrons. The number of sulfonamides is 1. The lowest BCUT2D eigenvalue weighted by atomic mass is 10.4. The molecule has 7 heteroatoms. The topological polar surface area (TPSA) is 96.4 Å². The zero-order chi connectivity index (χ0) is 11.3. The number of rotatable bonds is 5. The Bertz CT molecular complexity index is 429. The van der Waals surface area contributed by atoms with Crippen molar-refractivity contribution >= 4 is 16.0 Å². The lowest BCUT2D eigenvalue weighted by Gasteiger charge is -2.03. The van der Waals surface area contributed by atoms with Crippen LogP contribution in [0.2, 0.25) is 0 Å². The van der Waals surface area contributed by atoms with Crippen molar-refractivity contribution in [3.63, 3.8) is 0 Å². The highest BCUT2D eigenvalue weighted by Gasteiger charge is 2.14. The number of nitrogens with zero attached hydrogens (tertiary/aromatic N) is 1. The van der Waals surface area contributed by atoms with E-state index in [4.69, 9.17) is 5.11 Å². The van der Waals surface area contributed by atoms with Crippen LogP contribution in [0.3, 0.4) is 0 Å². The van der Waals surface area contributed by atoms with E-state index in [0.29, 0.717) is 5.69 Å². The van der Waals surface area contributed by atoms with Crippen LogP contribution in [0.15, 0.2) is 24.4 Å². The minimum atomic E-state index is -3.77. The van der Waals surface area contributed by atoms with Gasteiger partial charge in [-0.3, -0.25) is 9.78 Å². The highest BCUT2D eigenvalue weighted by atomic mass is 32.2. The van der Waals surface area contributed by atoms with Gasteiger partial charge in [0.2, 0.25) is 10.0 Å². The molecule has 0 aromatic carbocycles. The fraction of sp³-hybridized carbons (Fsp3) is 0.250. The minimum Gasteiger partial charge on any atom is -0.480 e. The lowest BCUT2D eigenvalue weighted by Crippen LogP contribution is -2.29. The summed E-state index contributed by atoms with van der Waals surface area (Å²) >= 11 is 0. The summed E-state index contributed by atoms with van der Waals surface area (Å²) in [4.78, 5) is 14.1. The highest BCUT2D eigenvalue weighted by Crippen LogP contribution is 1.94. The van der Waals surface area contributed by atoms with Gasteiger partial charge in [0.05, 0.1) is 12.2 Å². The molecular formula is C8H10N2O4S. The van der Waals surface area contributed by atoms with Crippen molar-refractivity contribution in [1.82, 2.24) is 9.71 Å². The van der Waals surface area contributed by atoms with Crippen LogP contribution >= 0.6 is 0 Å². The van der Waals surface area contributed by atoms with Gasteiger partial charge in [-0.2, -0.15) is 0 Å². The van der Waals surface area contributed by atoms with Gasteiger partial charge >= 0.3 is 5.97 Å². The molecule has 0 spiro atoms. The third kappa shape index (κ3) is 4.52. The van der Waals surface area contributed by atoms with Gasteiger partial charge in [-0.25, -0.2) is 13.1 Å². The van der Waals surface area contributed by atoms with Crippen LogP contribution in [0.4, 0.5) is 0 Å². The Morgan fingerprint density at radius 3 is 2.73 bits per heavy atom. The molecular weight excluding hydrogens is 220 g/mol. The normalized spacial score (nSPS) is 11.2. The van der Waals surface area contributed by atoms with E-state index in [1.165, 1.54) is 6.20 Å². The van der Waals surface area contributed by atoms with Crippen LogP contribution < -0.4 is 4.72 Å². The number of carboxylic acid groups (broad SMARTS) is 1. The molecule has 1 heterocycles. The van der Waals surface area contributed by atoms with Gasteiger partial charge < -0.3 is 5.11 Å². The summed E-state index contributed by atoms with van der Waals surface area (Å²) in [6.45, 7) is -0.00352. The molecule has 1 aromatic rings. The van der Waals surface area contributed by atoms with E-state index >= 15 is 0 Å². The number of nitrogens with one attached hydrogen (secondary N) is 1. The zero-order valence-electron chi connectivity index (χ0n) is 7.75. The van der Waals surface area contributed by atoms with Crippen LogP contribution in [0.25, 0.3) is 0 Å². The Hall–Kier alpha value is -1.47. The van der Waals surface area contributed by atoms with Crippen molar-refractivity contribution in [2.24, 2.45) is 0 Å². The second-order valence-electron chi connectivity index (χ2n) is 2.80. The first-order chi connectivity index (χ1) is 6.99. The summed E-state index contributed by atoms with van der Waals surface area (Å²) in [6.07, 6.45) is 1.53. The monoisotopic (exact) mass is 230 g/mol. The van der Waals surface area contributed by atoms with Crippen LogP contribution in [0.5, 0.6) is 0 Å². The number of aliphatic carboxylic acids is 1. The minimum absolute atomic E-state index is 0.00352. The third-order valence-corrected chi connectivity index (χ3v) is 2.72. The largest absolute Gasteiger partial charge is 0.480 e. The maximum absolute atomic E-state index is 11.1. The van der Waals surface area contributed by atoms with E-state index in [9.17, 15) is 13.2 Å². The van der Waals surface area contributed by atoms with Crippen LogP contribution in [0, 0.1) is 0 Å². The molecule has 0 aliphatic carbocycles. The zero-order valence-corrected chi connectivity index (χ0v) is 8.57. The van der Waals surface area contributed by atoms with Gasteiger partial charge in [-0.15, -0.1) is 0 Å². The predicted molar refractivity (Wildman–Crippen MR) is 52.5 cm³/mol. The molecule has 2 N–H and O–H groups in total. The summed E-state index contributed by atoms with van der Waals surface area (Å²) in [6, 6.07) is 5.06. The molecule has 1 aromatic heterocycles. The average Bonchev–Trinajstić information content (AvgIpc) is 2.15. The van der Waals surface area contributed by atoms with Gasteiger partial charge in [0.15, 0.2) is 5.75 Å². The average molecular weight is 230 g/mol. The quantitative estimate of drug-likeness (QED) is 0.716. The number of pyridine rings is 1. The molecule has 0 saturated heterocycles. The number of carboxylic acids is 1. The maximum Gasteiger partial charge on any atom is 0.320 e. The van der Waals surface area contributed by atoms with Gasteiger partial charge in [-0.1, -0.05) is 6.07 Å². The smallest absolute Gasteiger partial charge is 0.320 e. The summed E-state index contributed by atoms with van der Waals surface area (Å²) in [5.41, 5.74) is 0.534. The van der Waals surface area contributed by atoms with Crippen LogP contribution in [0.1, 0.15) is 5.69 Å². The van der Waals surface area contributed by atoms with Crippen molar-refractivity contribution in [2.45, 2.75) is 6.54 Å². The Balaban J connectivity index is 2.54. The molecule has 1 rings (SSSR count). The van der Waals surface area contributed by atoms with E-state index in [2.05, 4.69) is 9.71 Å². The first-order valence-corrected chi connectivity index (χ1v) is 5.74. The van der Waals surface area contributed by atoms with Crippen molar-refractivity contribution < 1.29 is 18.3 Å². The highest BCUT2D eigenvalue weighted by molar-refractivity contribution is 7.90. The van der Waals surface area contributed by atoms with Gasteiger partial charge in [0, 0.05) is 6.20 Å². The summed E-state index contributed by atoms with van der Waals surface area (Å²) < 4.78 is 24.3. The van der Waals surface area contributed by atoms with Gasteiger partial charge in [0.1, 0.15) is 0 Å². The summed E-state index contributed by atoms with van der Waals surface area (Å²) in [5.74, 6) is -2.32. The van der Waals surface area contributed by atoms with E-state index in [1.54, 1.807) is 18.2 Å². The Morgan fingerprint density at radius 1 is 1.47 bits per heavy atom. The van der Waals surface area contributed by atoms with Crippen molar-refractivity contribution in [3.8, 4) is 0 Å². The molecule has 0 aliphatic rings. The van der Waals surface area contributed by atoms with Crippen molar-refractivity contribution in [3.05, 3.63) is 30.1 Å². The molecule has 0 aliphatic heterocycles. The SMILES string of the molecule is O=C(O)CS(=O)(=O)NCc1ccccn1. The molecule has 15 heavy (non-hydrogen) atoms. The molecule has 0 bridgehead atoms. The molecule has 6 nitrogen and oxygen atoms in total. The first kappa shape index (κ1) is 11.6. The first-order valence-electron chi connectivity index (χ1n) is 4.09. The molecule has 0 fully saturated rings. The Labute approximate surface area is 87.0 Å². The fourth-order valence-electron chi connectivity index (χ4n) is 0.900. The number of aromatic nitrogens is 1.